The first-order chi connectivity index (χ1) is 15.4. The van der Waals surface area contributed by atoms with Gasteiger partial charge in [-0.15, -0.1) is 0 Å². The zero-order valence-corrected chi connectivity index (χ0v) is 17.5. The summed E-state index contributed by atoms with van der Waals surface area (Å²) >= 11 is 0. The second-order valence-corrected chi connectivity index (χ2v) is 7.10. The number of carboxylic acids is 1. The van der Waals surface area contributed by atoms with Gasteiger partial charge in [0, 0.05) is 17.7 Å². The maximum Gasteiger partial charge on any atom is 0.303 e. The number of hydrogen-bond donors (Lipinski definition) is 3. The first kappa shape index (κ1) is 22.4. The van der Waals surface area contributed by atoms with Crippen LogP contribution < -0.4 is 10.7 Å². The summed E-state index contributed by atoms with van der Waals surface area (Å²) in [5, 5.41) is 15.4. The van der Waals surface area contributed by atoms with E-state index in [1.54, 1.807) is 43.3 Å². The van der Waals surface area contributed by atoms with E-state index in [4.69, 9.17) is 5.11 Å². The first-order valence-corrected chi connectivity index (χ1v) is 10.0. The molecule has 2 amide bonds. The van der Waals surface area contributed by atoms with Crippen molar-refractivity contribution >= 4 is 29.2 Å². The smallest absolute Gasteiger partial charge is 0.303 e. The van der Waals surface area contributed by atoms with Crippen molar-refractivity contribution < 1.29 is 19.5 Å². The van der Waals surface area contributed by atoms with Gasteiger partial charge in [-0.25, -0.2) is 5.43 Å². The SMILES string of the molecule is C/C(=N/NC(=O)c1ccc(-c2ccccc2)cc1)c1ccc(NC(=O)CCC(=O)O)cc1. The Balaban J connectivity index is 1.57. The molecule has 0 bridgehead atoms. The van der Waals surface area contributed by atoms with Gasteiger partial charge >= 0.3 is 5.97 Å². The van der Waals surface area contributed by atoms with Gasteiger partial charge in [0.1, 0.15) is 0 Å². The van der Waals surface area contributed by atoms with Gasteiger partial charge in [0.05, 0.1) is 12.1 Å². The van der Waals surface area contributed by atoms with E-state index in [-0.39, 0.29) is 24.7 Å². The van der Waals surface area contributed by atoms with Crippen LogP contribution in [0.2, 0.25) is 0 Å². The second-order valence-electron chi connectivity index (χ2n) is 7.10. The Morgan fingerprint density at radius 2 is 1.38 bits per heavy atom. The highest BCUT2D eigenvalue weighted by Crippen LogP contribution is 2.19. The van der Waals surface area contributed by atoms with Gasteiger partial charge in [0.15, 0.2) is 0 Å². The lowest BCUT2D eigenvalue weighted by atomic mass is 10.0. The van der Waals surface area contributed by atoms with Crippen LogP contribution in [0.3, 0.4) is 0 Å². The second kappa shape index (κ2) is 10.7. The molecular weight excluding hydrogens is 406 g/mol. The average molecular weight is 429 g/mol. The van der Waals surface area contributed by atoms with Crippen LogP contribution in [0.4, 0.5) is 5.69 Å². The maximum absolute atomic E-state index is 12.4. The van der Waals surface area contributed by atoms with Crippen molar-refractivity contribution in [2.75, 3.05) is 5.32 Å². The molecule has 7 nitrogen and oxygen atoms in total. The molecule has 0 aromatic heterocycles. The summed E-state index contributed by atoms with van der Waals surface area (Å²) in [5.41, 5.74) is 7.09. The number of rotatable bonds is 8. The van der Waals surface area contributed by atoms with Crippen LogP contribution >= 0.6 is 0 Å². The minimum absolute atomic E-state index is 0.0874. The van der Waals surface area contributed by atoms with E-state index < -0.39 is 5.97 Å². The summed E-state index contributed by atoms with van der Waals surface area (Å²) in [6, 6.07) is 24.1. The summed E-state index contributed by atoms with van der Waals surface area (Å²) in [4.78, 5) is 34.6. The lowest BCUT2D eigenvalue weighted by Gasteiger charge is -2.07. The fourth-order valence-corrected chi connectivity index (χ4v) is 2.95. The minimum Gasteiger partial charge on any atom is -0.481 e. The van der Waals surface area contributed by atoms with Crippen LogP contribution in [0.1, 0.15) is 35.7 Å². The number of amides is 2. The van der Waals surface area contributed by atoms with E-state index in [1.807, 2.05) is 42.5 Å². The van der Waals surface area contributed by atoms with Crippen molar-refractivity contribution in [3.63, 3.8) is 0 Å². The van der Waals surface area contributed by atoms with Gasteiger partial charge in [-0.05, 0) is 47.9 Å². The molecule has 7 heteroatoms. The molecule has 0 heterocycles. The number of carbonyl (C=O) groups excluding carboxylic acids is 2. The zero-order valence-electron chi connectivity index (χ0n) is 17.5. The highest BCUT2D eigenvalue weighted by molar-refractivity contribution is 6.01. The topological polar surface area (TPSA) is 108 Å². The summed E-state index contributed by atoms with van der Waals surface area (Å²) in [6.07, 6.45) is -0.305. The van der Waals surface area contributed by atoms with Gasteiger partial charge in [-0.3, -0.25) is 14.4 Å². The first-order valence-electron chi connectivity index (χ1n) is 10.0. The van der Waals surface area contributed by atoms with E-state index in [1.165, 1.54) is 0 Å². The molecule has 0 saturated heterocycles. The number of aliphatic carboxylic acids is 1. The predicted molar refractivity (Wildman–Crippen MR) is 123 cm³/mol. The van der Waals surface area contributed by atoms with Crippen LogP contribution in [0, 0.1) is 0 Å². The van der Waals surface area contributed by atoms with Crippen molar-refractivity contribution in [1.82, 2.24) is 5.43 Å². The minimum atomic E-state index is -1.02. The third kappa shape index (κ3) is 6.37. The Labute approximate surface area is 185 Å². The van der Waals surface area contributed by atoms with Crippen molar-refractivity contribution in [3.8, 4) is 11.1 Å². The number of carbonyl (C=O) groups is 3. The molecule has 3 aromatic carbocycles. The lowest BCUT2D eigenvalue weighted by molar-refractivity contribution is -0.138. The molecule has 3 aromatic rings. The molecule has 0 aliphatic carbocycles. The fourth-order valence-electron chi connectivity index (χ4n) is 2.95. The number of nitrogens with one attached hydrogen (secondary N) is 2. The predicted octanol–water partition coefficient (Wildman–Crippen LogP) is 4.31. The molecule has 0 aliphatic rings. The lowest BCUT2D eigenvalue weighted by Crippen LogP contribution is -2.19. The molecule has 0 spiro atoms. The summed E-state index contributed by atoms with van der Waals surface area (Å²) in [5.74, 6) is -1.70. The Kier molecular flexibility index (Phi) is 7.48. The van der Waals surface area contributed by atoms with Crippen LogP contribution in [0.5, 0.6) is 0 Å². The summed E-state index contributed by atoms with van der Waals surface area (Å²) in [6.45, 7) is 1.76. The standard InChI is InChI=1S/C25H23N3O4/c1-17(18-11-13-22(14-12-18)26-23(29)15-16-24(30)31)27-28-25(32)21-9-7-20(8-10-21)19-5-3-2-4-6-19/h2-14H,15-16H2,1H3,(H,26,29)(H,28,32)(H,30,31)/b27-17-. The van der Waals surface area contributed by atoms with Crippen molar-refractivity contribution in [2.24, 2.45) is 5.10 Å². The number of anilines is 1. The van der Waals surface area contributed by atoms with Crippen LogP contribution in [-0.2, 0) is 9.59 Å². The molecule has 0 fully saturated rings. The van der Waals surface area contributed by atoms with E-state index in [0.717, 1.165) is 16.7 Å². The van der Waals surface area contributed by atoms with Crippen molar-refractivity contribution in [2.45, 2.75) is 19.8 Å². The van der Waals surface area contributed by atoms with Crippen molar-refractivity contribution in [3.05, 3.63) is 90.0 Å². The van der Waals surface area contributed by atoms with Gasteiger partial charge < -0.3 is 10.4 Å². The van der Waals surface area contributed by atoms with E-state index >= 15 is 0 Å². The monoisotopic (exact) mass is 429 g/mol. The largest absolute Gasteiger partial charge is 0.481 e. The molecule has 32 heavy (non-hydrogen) atoms. The van der Waals surface area contributed by atoms with Crippen LogP contribution in [-0.4, -0.2) is 28.6 Å². The Bertz CT molecular complexity index is 1120. The summed E-state index contributed by atoms with van der Waals surface area (Å²) in [7, 11) is 0. The molecule has 0 atom stereocenters. The van der Waals surface area contributed by atoms with E-state index in [2.05, 4.69) is 15.8 Å². The quantitative estimate of drug-likeness (QED) is 0.366. The third-order valence-electron chi connectivity index (χ3n) is 4.73. The molecule has 3 N–H and O–H groups in total. The third-order valence-corrected chi connectivity index (χ3v) is 4.73. The van der Waals surface area contributed by atoms with Crippen LogP contribution in [0.25, 0.3) is 11.1 Å². The molecule has 162 valence electrons. The zero-order chi connectivity index (χ0) is 22.9. The number of hydrogen-bond acceptors (Lipinski definition) is 4. The maximum atomic E-state index is 12.4. The van der Waals surface area contributed by atoms with E-state index in [9.17, 15) is 14.4 Å². The Hall–Kier alpha value is -4.26. The van der Waals surface area contributed by atoms with Gasteiger partial charge in [-0.2, -0.15) is 5.10 Å². The van der Waals surface area contributed by atoms with Gasteiger partial charge in [0.25, 0.3) is 5.91 Å². The average Bonchev–Trinajstić information content (AvgIpc) is 2.82. The number of benzene rings is 3. The fraction of sp³-hybridized carbons (Fsp3) is 0.120. The van der Waals surface area contributed by atoms with Gasteiger partial charge in [-0.1, -0.05) is 54.6 Å². The molecule has 3 rings (SSSR count). The Morgan fingerprint density at radius 1 is 0.781 bits per heavy atom. The molecule has 0 aliphatic heterocycles. The van der Waals surface area contributed by atoms with E-state index in [0.29, 0.717) is 17.0 Å². The Morgan fingerprint density at radius 3 is 2.00 bits per heavy atom. The molecule has 0 unspecified atom stereocenters. The highest BCUT2D eigenvalue weighted by atomic mass is 16.4. The van der Waals surface area contributed by atoms with Crippen molar-refractivity contribution in [1.29, 1.82) is 0 Å². The van der Waals surface area contributed by atoms with Gasteiger partial charge in [0.2, 0.25) is 5.91 Å². The van der Waals surface area contributed by atoms with Crippen LogP contribution in [0.15, 0.2) is 84.0 Å². The number of carboxylic acid groups (broad SMARTS) is 1. The highest BCUT2D eigenvalue weighted by Gasteiger charge is 2.08. The number of nitrogens with zero attached hydrogens (tertiary/aromatic N) is 1. The summed E-state index contributed by atoms with van der Waals surface area (Å²) < 4.78 is 0. The molecular formula is C25H23N3O4. The number of hydrazone groups is 1. The molecule has 0 radical (unpaired) electrons. The molecule has 0 saturated carbocycles. The normalized spacial score (nSPS) is 11.0.